The van der Waals surface area contributed by atoms with E-state index in [2.05, 4.69) is 27.4 Å². The molecule has 7 nitrogen and oxygen atoms in total. The number of hydrazone groups is 1. The van der Waals surface area contributed by atoms with Crippen LogP contribution in [0.25, 0.3) is 11.3 Å². The van der Waals surface area contributed by atoms with Crippen LogP contribution >= 0.6 is 0 Å². The number of hydrogen-bond acceptors (Lipinski definition) is 6. The van der Waals surface area contributed by atoms with Crippen LogP contribution in [-0.2, 0) is 11.3 Å². The lowest BCUT2D eigenvalue weighted by atomic mass is 10.1. The number of halogens is 1. The Balaban J connectivity index is 1.81. The van der Waals surface area contributed by atoms with Crippen LogP contribution in [0.2, 0.25) is 0 Å². The van der Waals surface area contributed by atoms with Gasteiger partial charge in [-0.2, -0.15) is 10.4 Å². The first-order valence-electron chi connectivity index (χ1n) is 9.87. The molecule has 1 aromatic heterocycles. The number of hydrogen-bond donors (Lipinski definition) is 2. The van der Waals surface area contributed by atoms with E-state index in [0.717, 1.165) is 12.8 Å². The Morgan fingerprint density at radius 1 is 1.29 bits per heavy atom. The van der Waals surface area contributed by atoms with Crippen LogP contribution in [0.5, 0.6) is 0 Å². The van der Waals surface area contributed by atoms with E-state index in [-0.39, 0.29) is 29.6 Å². The van der Waals surface area contributed by atoms with Gasteiger partial charge in [0, 0.05) is 17.7 Å². The summed E-state index contributed by atoms with van der Waals surface area (Å²) in [6.45, 7) is 2.93. The number of nitrogens with zero attached hydrogens (tertiary/aromatic N) is 3. The number of aromatic amines is 1. The summed E-state index contributed by atoms with van der Waals surface area (Å²) in [4.78, 5) is 19.1. The van der Waals surface area contributed by atoms with E-state index in [1.54, 1.807) is 30.3 Å². The van der Waals surface area contributed by atoms with Gasteiger partial charge in [-0.05, 0) is 24.1 Å². The predicted octanol–water partition coefficient (Wildman–Crippen LogP) is 4.21. The van der Waals surface area contributed by atoms with Gasteiger partial charge in [-0.1, -0.05) is 49.7 Å². The maximum Gasteiger partial charge on any atom is 0.270 e. The van der Waals surface area contributed by atoms with Crippen LogP contribution in [0, 0.1) is 17.1 Å². The summed E-state index contributed by atoms with van der Waals surface area (Å²) < 4.78 is 19.2. The molecule has 0 radical (unpaired) electrons. The minimum atomic E-state index is -0.569. The Hall–Kier alpha value is -3.83. The zero-order valence-corrected chi connectivity index (χ0v) is 17.1. The molecule has 0 unspecified atom stereocenters. The number of unbranched alkanes of at least 4 members (excludes halogenated alkanes) is 1. The third-order valence-corrected chi connectivity index (χ3v) is 4.46. The standard InChI is InChI=1S/C23H22FN5O2/c1-2-3-11-31-15-18-12-19(24)10-9-17(18)14-26-29-23-27-21(16-7-5-4-6-8-16)20(13-25)22(30)28-23/h4-10,12,14H,2-3,11,15H2,1H3,(H2,27,28,29,30). The lowest BCUT2D eigenvalue weighted by molar-refractivity contribution is 0.118. The van der Waals surface area contributed by atoms with E-state index >= 15 is 0 Å². The fraction of sp³-hybridized carbons (Fsp3) is 0.217. The summed E-state index contributed by atoms with van der Waals surface area (Å²) >= 11 is 0. The summed E-state index contributed by atoms with van der Waals surface area (Å²) in [7, 11) is 0. The molecule has 0 spiro atoms. The van der Waals surface area contributed by atoms with Crippen molar-refractivity contribution in [2.75, 3.05) is 12.0 Å². The molecule has 0 saturated carbocycles. The van der Waals surface area contributed by atoms with Crippen LogP contribution in [0.3, 0.4) is 0 Å². The second-order valence-corrected chi connectivity index (χ2v) is 6.74. The lowest BCUT2D eigenvalue weighted by Crippen LogP contribution is -2.16. The van der Waals surface area contributed by atoms with Crippen LogP contribution in [-0.4, -0.2) is 22.8 Å². The lowest BCUT2D eigenvalue weighted by Gasteiger charge is -2.08. The average molecular weight is 419 g/mol. The van der Waals surface area contributed by atoms with Gasteiger partial charge in [-0.15, -0.1) is 0 Å². The highest BCUT2D eigenvalue weighted by molar-refractivity contribution is 5.82. The fourth-order valence-electron chi connectivity index (χ4n) is 2.85. The molecular formula is C23H22FN5O2. The van der Waals surface area contributed by atoms with Gasteiger partial charge in [-0.3, -0.25) is 9.78 Å². The Labute approximate surface area is 179 Å². The topological polar surface area (TPSA) is 103 Å². The molecular weight excluding hydrogens is 397 g/mol. The monoisotopic (exact) mass is 419 g/mol. The van der Waals surface area contributed by atoms with Gasteiger partial charge in [0.2, 0.25) is 5.95 Å². The van der Waals surface area contributed by atoms with Gasteiger partial charge in [0.1, 0.15) is 17.4 Å². The van der Waals surface area contributed by atoms with Crippen molar-refractivity contribution in [3.8, 4) is 17.3 Å². The second-order valence-electron chi connectivity index (χ2n) is 6.74. The molecule has 0 atom stereocenters. The number of aromatic nitrogens is 2. The first kappa shape index (κ1) is 21.9. The maximum atomic E-state index is 13.6. The van der Waals surface area contributed by atoms with Crippen LogP contribution < -0.4 is 11.0 Å². The summed E-state index contributed by atoms with van der Waals surface area (Å²) in [6, 6.07) is 15.2. The molecule has 3 rings (SSSR count). The third-order valence-electron chi connectivity index (χ3n) is 4.46. The Bertz CT molecular complexity index is 1150. The van der Waals surface area contributed by atoms with E-state index in [1.165, 1.54) is 18.3 Å². The van der Waals surface area contributed by atoms with E-state index in [4.69, 9.17) is 4.74 Å². The number of nitrogens with one attached hydrogen (secondary N) is 2. The second kappa shape index (κ2) is 10.8. The summed E-state index contributed by atoms with van der Waals surface area (Å²) in [5.74, 6) is -0.272. The SMILES string of the molecule is CCCCOCc1cc(F)ccc1C=NNc1nc(-c2ccccc2)c(C#N)c(=O)[nH]1. The number of rotatable bonds is 9. The smallest absolute Gasteiger partial charge is 0.270 e. The first-order valence-corrected chi connectivity index (χ1v) is 9.87. The molecule has 0 aliphatic rings. The van der Waals surface area contributed by atoms with E-state index in [1.807, 2.05) is 12.1 Å². The zero-order valence-electron chi connectivity index (χ0n) is 17.1. The predicted molar refractivity (Wildman–Crippen MR) is 117 cm³/mol. The van der Waals surface area contributed by atoms with Gasteiger partial charge >= 0.3 is 0 Å². The largest absolute Gasteiger partial charge is 0.377 e. The molecule has 0 amide bonds. The maximum absolute atomic E-state index is 13.6. The number of ether oxygens (including phenoxy) is 1. The van der Waals surface area contributed by atoms with Crippen molar-refractivity contribution in [3.05, 3.63) is 81.4 Å². The molecule has 2 N–H and O–H groups in total. The highest BCUT2D eigenvalue weighted by Gasteiger charge is 2.13. The number of H-pyrrole nitrogens is 1. The van der Waals surface area contributed by atoms with Crippen molar-refractivity contribution in [2.24, 2.45) is 5.10 Å². The van der Waals surface area contributed by atoms with Crippen molar-refractivity contribution in [2.45, 2.75) is 26.4 Å². The Morgan fingerprint density at radius 3 is 2.84 bits per heavy atom. The number of nitriles is 1. The molecule has 2 aromatic carbocycles. The van der Waals surface area contributed by atoms with Crippen molar-refractivity contribution in [3.63, 3.8) is 0 Å². The van der Waals surface area contributed by atoms with Crippen LogP contribution in [0.15, 0.2) is 58.4 Å². The minimum Gasteiger partial charge on any atom is -0.377 e. The number of benzene rings is 2. The van der Waals surface area contributed by atoms with E-state index in [0.29, 0.717) is 23.3 Å². The van der Waals surface area contributed by atoms with Crippen LogP contribution in [0.4, 0.5) is 10.3 Å². The van der Waals surface area contributed by atoms with Crippen molar-refractivity contribution in [1.82, 2.24) is 9.97 Å². The normalized spacial score (nSPS) is 10.9. The van der Waals surface area contributed by atoms with Crippen molar-refractivity contribution < 1.29 is 9.13 Å². The molecule has 8 heteroatoms. The highest BCUT2D eigenvalue weighted by atomic mass is 19.1. The van der Waals surface area contributed by atoms with E-state index < -0.39 is 5.56 Å². The molecule has 0 aliphatic carbocycles. The van der Waals surface area contributed by atoms with Gasteiger partial charge < -0.3 is 4.74 Å². The molecule has 158 valence electrons. The zero-order chi connectivity index (χ0) is 22.1. The Kier molecular flexibility index (Phi) is 7.62. The highest BCUT2D eigenvalue weighted by Crippen LogP contribution is 2.19. The fourth-order valence-corrected chi connectivity index (χ4v) is 2.85. The third kappa shape index (κ3) is 5.84. The molecule has 0 bridgehead atoms. The molecule has 3 aromatic rings. The molecule has 1 heterocycles. The summed E-state index contributed by atoms with van der Waals surface area (Å²) in [6.07, 6.45) is 3.45. The van der Waals surface area contributed by atoms with Gasteiger partial charge in [0.15, 0.2) is 0 Å². The molecule has 0 fully saturated rings. The van der Waals surface area contributed by atoms with Gasteiger partial charge in [-0.25, -0.2) is 14.8 Å². The molecule has 0 saturated heterocycles. The Morgan fingerprint density at radius 2 is 2.10 bits per heavy atom. The first-order chi connectivity index (χ1) is 15.1. The van der Waals surface area contributed by atoms with E-state index in [9.17, 15) is 14.4 Å². The average Bonchev–Trinajstić information content (AvgIpc) is 2.78. The quantitative estimate of drug-likeness (QED) is 0.307. The molecule has 0 aliphatic heterocycles. The minimum absolute atomic E-state index is 0.0780. The molecule has 31 heavy (non-hydrogen) atoms. The van der Waals surface area contributed by atoms with Crippen LogP contribution in [0.1, 0.15) is 36.5 Å². The van der Waals surface area contributed by atoms with Gasteiger partial charge in [0.25, 0.3) is 5.56 Å². The number of anilines is 1. The summed E-state index contributed by atoms with van der Waals surface area (Å²) in [5, 5.41) is 13.4. The van der Waals surface area contributed by atoms with Crippen molar-refractivity contribution in [1.29, 1.82) is 5.26 Å². The van der Waals surface area contributed by atoms with Gasteiger partial charge in [0.05, 0.1) is 18.5 Å². The van der Waals surface area contributed by atoms with Crippen molar-refractivity contribution >= 4 is 12.2 Å². The summed E-state index contributed by atoms with van der Waals surface area (Å²) in [5.41, 5.74) is 4.26.